The fourth-order valence-electron chi connectivity index (χ4n) is 1.61. The number of aliphatic carboxylic acids is 1. The van der Waals surface area contributed by atoms with Crippen molar-refractivity contribution in [2.75, 3.05) is 20.2 Å². The zero-order valence-electron chi connectivity index (χ0n) is 10.3. The summed E-state index contributed by atoms with van der Waals surface area (Å²) in [6, 6.07) is 9.79. The summed E-state index contributed by atoms with van der Waals surface area (Å²) in [6.45, 7) is 0.338. The first-order valence-electron chi connectivity index (χ1n) is 5.70. The van der Waals surface area contributed by atoms with E-state index in [1.807, 2.05) is 42.3 Å². The summed E-state index contributed by atoms with van der Waals surface area (Å²) >= 11 is 0. The Balaban J connectivity index is 2.56. The van der Waals surface area contributed by atoms with Crippen LogP contribution in [0.2, 0.25) is 0 Å². The third-order valence-electron chi connectivity index (χ3n) is 2.67. The highest BCUT2D eigenvalue weighted by molar-refractivity contribution is 5.86. The van der Waals surface area contributed by atoms with Crippen LogP contribution in [0.5, 0.6) is 0 Å². The average Bonchev–Trinajstić information content (AvgIpc) is 2.36. The van der Waals surface area contributed by atoms with Gasteiger partial charge in [-0.1, -0.05) is 36.3 Å². The lowest BCUT2D eigenvalue weighted by atomic mass is 10.1. The molecule has 96 valence electrons. The van der Waals surface area contributed by atoms with Gasteiger partial charge in [-0.05, 0) is 19.0 Å². The molecule has 0 bridgehead atoms. The second-order valence-corrected chi connectivity index (χ2v) is 4.05. The lowest BCUT2D eigenvalue weighted by Crippen LogP contribution is -2.36. The molecule has 0 aliphatic carbocycles. The van der Waals surface area contributed by atoms with Crippen LogP contribution in [0.3, 0.4) is 0 Å². The van der Waals surface area contributed by atoms with E-state index < -0.39 is 5.97 Å². The van der Waals surface area contributed by atoms with Crippen molar-refractivity contribution in [1.29, 1.82) is 0 Å². The number of likely N-dealkylation sites (N-methyl/N-ethyl adjacent to an activating group) is 1. The van der Waals surface area contributed by atoms with Crippen molar-refractivity contribution in [1.82, 2.24) is 4.90 Å². The van der Waals surface area contributed by atoms with E-state index >= 15 is 0 Å². The van der Waals surface area contributed by atoms with Crippen LogP contribution in [0.4, 0.5) is 0 Å². The SMILES string of the molecule is CN(CC#CC(=O)O)[C@H](CO)Cc1ccccc1. The van der Waals surface area contributed by atoms with Gasteiger partial charge in [-0.2, -0.15) is 0 Å². The van der Waals surface area contributed by atoms with E-state index in [0.717, 1.165) is 5.56 Å². The molecule has 0 saturated heterocycles. The topological polar surface area (TPSA) is 60.8 Å². The molecule has 0 unspecified atom stereocenters. The van der Waals surface area contributed by atoms with Gasteiger partial charge in [-0.3, -0.25) is 4.90 Å². The molecule has 0 amide bonds. The van der Waals surface area contributed by atoms with E-state index in [1.165, 1.54) is 0 Å². The predicted molar refractivity (Wildman–Crippen MR) is 69.1 cm³/mol. The quantitative estimate of drug-likeness (QED) is 0.748. The van der Waals surface area contributed by atoms with Gasteiger partial charge < -0.3 is 10.2 Å². The monoisotopic (exact) mass is 247 g/mol. The van der Waals surface area contributed by atoms with Gasteiger partial charge in [0, 0.05) is 12.0 Å². The molecule has 1 atom stereocenters. The van der Waals surface area contributed by atoms with Crippen LogP contribution >= 0.6 is 0 Å². The molecule has 0 fully saturated rings. The molecule has 0 radical (unpaired) electrons. The summed E-state index contributed by atoms with van der Waals surface area (Å²) in [4.78, 5) is 12.1. The molecular formula is C14H17NO3. The Morgan fingerprint density at radius 1 is 1.39 bits per heavy atom. The van der Waals surface area contributed by atoms with E-state index in [0.29, 0.717) is 13.0 Å². The Kier molecular flexibility index (Phi) is 5.92. The number of hydrogen-bond acceptors (Lipinski definition) is 3. The van der Waals surface area contributed by atoms with Gasteiger partial charge in [0.15, 0.2) is 0 Å². The number of nitrogens with zero attached hydrogens (tertiary/aromatic N) is 1. The molecule has 0 aliphatic heterocycles. The molecule has 0 saturated carbocycles. The van der Waals surface area contributed by atoms with Crippen molar-refractivity contribution in [2.45, 2.75) is 12.5 Å². The van der Waals surface area contributed by atoms with E-state index in [2.05, 4.69) is 11.8 Å². The largest absolute Gasteiger partial charge is 0.472 e. The zero-order chi connectivity index (χ0) is 13.4. The molecule has 4 heteroatoms. The van der Waals surface area contributed by atoms with Gasteiger partial charge in [0.1, 0.15) is 0 Å². The van der Waals surface area contributed by atoms with Crippen LogP contribution < -0.4 is 0 Å². The maximum atomic E-state index is 10.3. The summed E-state index contributed by atoms with van der Waals surface area (Å²) < 4.78 is 0. The summed E-state index contributed by atoms with van der Waals surface area (Å²) in [5, 5.41) is 17.8. The molecule has 4 nitrogen and oxygen atoms in total. The molecule has 0 heterocycles. The van der Waals surface area contributed by atoms with E-state index in [9.17, 15) is 9.90 Å². The second kappa shape index (κ2) is 7.49. The Hall–Kier alpha value is -1.83. The lowest BCUT2D eigenvalue weighted by molar-refractivity contribution is -0.130. The number of carboxylic acid groups (broad SMARTS) is 1. The zero-order valence-corrected chi connectivity index (χ0v) is 10.3. The van der Waals surface area contributed by atoms with Gasteiger partial charge in [-0.15, -0.1) is 0 Å². The minimum atomic E-state index is -1.13. The number of hydrogen-bond donors (Lipinski definition) is 2. The Labute approximate surface area is 107 Å². The number of carboxylic acids is 1. The molecule has 0 aromatic heterocycles. The lowest BCUT2D eigenvalue weighted by Gasteiger charge is -2.24. The highest BCUT2D eigenvalue weighted by Gasteiger charge is 2.13. The van der Waals surface area contributed by atoms with E-state index in [4.69, 9.17) is 5.11 Å². The summed E-state index contributed by atoms with van der Waals surface area (Å²) in [6.07, 6.45) is 0.711. The van der Waals surface area contributed by atoms with Crippen molar-refractivity contribution in [3.8, 4) is 11.8 Å². The molecule has 1 aromatic rings. The molecule has 0 aliphatic rings. The van der Waals surface area contributed by atoms with Crippen molar-refractivity contribution < 1.29 is 15.0 Å². The third-order valence-corrected chi connectivity index (χ3v) is 2.67. The number of aliphatic hydroxyl groups is 1. The molecule has 2 N–H and O–H groups in total. The van der Waals surface area contributed by atoms with Gasteiger partial charge in [0.2, 0.25) is 0 Å². The van der Waals surface area contributed by atoms with Crippen LogP contribution in [0.1, 0.15) is 5.56 Å². The highest BCUT2D eigenvalue weighted by atomic mass is 16.4. The van der Waals surface area contributed by atoms with Crippen LogP contribution in [0.25, 0.3) is 0 Å². The van der Waals surface area contributed by atoms with E-state index in [-0.39, 0.29) is 12.6 Å². The number of aliphatic hydroxyl groups excluding tert-OH is 1. The Bertz CT molecular complexity index is 433. The maximum absolute atomic E-state index is 10.3. The normalized spacial score (nSPS) is 11.7. The van der Waals surface area contributed by atoms with Crippen molar-refractivity contribution in [3.05, 3.63) is 35.9 Å². The van der Waals surface area contributed by atoms with Crippen molar-refractivity contribution in [2.24, 2.45) is 0 Å². The first-order chi connectivity index (χ1) is 8.63. The standard InChI is InChI=1S/C14H17NO3/c1-15(9-5-8-14(17)18)13(11-16)10-12-6-3-2-4-7-12/h2-4,6-7,13,16H,9-11H2,1H3,(H,17,18)/t13-/m0/s1. The molecule has 0 spiro atoms. The molecule has 1 aromatic carbocycles. The van der Waals surface area contributed by atoms with E-state index in [1.54, 1.807) is 0 Å². The maximum Gasteiger partial charge on any atom is 0.381 e. The van der Waals surface area contributed by atoms with Crippen LogP contribution in [-0.2, 0) is 11.2 Å². The Morgan fingerprint density at radius 2 is 2.06 bits per heavy atom. The fourth-order valence-corrected chi connectivity index (χ4v) is 1.61. The number of benzene rings is 1. The summed E-state index contributed by atoms with van der Waals surface area (Å²) in [5.41, 5.74) is 1.13. The minimum absolute atomic E-state index is 0.0140. The first-order valence-corrected chi connectivity index (χ1v) is 5.70. The molecule has 1 rings (SSSR count). The van der Waals surface area contributed by atoms with Crippen molar-refractivity contribution >= 4 is 5.97 Å². The van der Waals surface area contributed by atoms with Crippen LogP contribution in [0.15, 0.2) is 30.3 Å². The number of carbonyl (C=O) groups is 1. The van der Waals surface area contributed by atoms with Crippen LogP contribution in [0, 0.1) is 11.8 Å². The minimum Gasteiger partial charge on any atom is -0.472 e. The second-order valence-electron chi connectivity index (χ2n) is 4.05. The molecule has 18 heavy (non-hydrogen) atoms. The summed E-state index contributed by atoms with van der Waals surface area (Å²) in [7, 11) is 1.82. The highest BCUT2D eigenvalue weighted by Crippen LogP contribution is 2.06. The third kappa shape index (κ3) is 5.00. The summed E-state index contributed by atoms with van der Waals surface area (Å²) in [5.74, 6) is 3.48. The van der Waals surface area contributed by atoms with Crippen molar-refractivity contribution in [3.63, 3.8) is 0 Å². The smallest absolute Gasteiger partial charge is 0.381 e. The van der Waals surface area contributed by atoms with Gasteiger partial charge >= 0.3 is 5.97 Å². The van der Waals surface area contributed by atoms with Crippen LogP contribution in [-0.4, -0.2) is 47.3 Å². The molecular weight excluding hydrogens is 230 g/mol. The first kappa shape index (κ1) is 14.2. The van der Waals surface area contributed by atoms with Gasteiger partial charge in [0.25, 0.3) is 0 Å². The Morgan fingerprint density at radius 3 is 2.61 bits per heavy atom. The van der Waals surface area contributed by atoms with Gasteiger partial charge in [-0.25, -0.2) is 4.79 Å². The number of rotatable bonds is 5. The fraction of sp³-hybridized carbons (Fsp3) is 0.357. The average molecular weight is 247 g/mol. The predicted octanol–water partition coefficient (Wildman–Crippen LogP) is 0.610. The van der Waals surface area contributed by atoms with Gasteiger partial charge in [0.05, 0.1) is 13.2 Å².